The molecule has 2 aliphatic rings. The van der Waals surface area contributed by atoms with Gasteiger partial charge in [0.1, 0.15) is 6.10 Å². The van der Waals surface area contributed by atoms with Crippen LogP contribution in [0.1, 0.15) is 53.9 Å². The van der Waals surface area contributed by atoms with Crippen LogP contribution in [0.2, 0.25) is 0 Å². The standard InChI is InChI=1S/C28H42N4O5S2/c1-19(2)17-32-27(22-7-6-8-23(16-22)39(34,35)31-11-13-36-14-12-31)29-30-28(32)38-18-26(33)37-25-15-21(5)9-10-24(25)20(3)4/h6-8,16,19-21,24-25H,9-15,17-18H2,1-5H3/t21-,24+,25+/m0/s1. The molecule has 1 saturated heterocycles. The maximum absolute atomic E-state index is 13.2. The van der Waals surface area contributed by atoms with Gasteiger partial charge in [0.25, 0.3) is 0 Å². The highest BCUT2D eigenvalue weighted by Crippen LogP contribution is 2.36. The second-order valence-electron chi connectivity index (χ2n) is 11.5. The molecule has 1 aromatic heterocycles. The minimum absolute atomic E-state index is 0.0397. The number of aromatic nitrogens is 3. The lowest BCUT2D eigenvalue weighted by Gasteiger charge is -2.36. The maximum atomic E-state index is 13.2. The molecular weight excluding hydrogens is 536 g/mol. The van der Waals surface area contributed by atoms with E-state index in [4.69, 9.17) is 9.47 Å². The van der Waals surface area contributed by atoms with Crippen LogP contribution in [-0.2, 0) is 30.8 Å². The highest BCUT2D eigenvalue weighted by atomic mass is 32.2. The molecule has 0 radical (unpaired) electrons. The van der Waals surface area contributed by atoms with Crippen molar-refractivity contribution in [1.29, 1.82) is 0 Å². The number of hydrogen-bond donors (Lipinski definition) is 0. The van der Waals surface area contributed by atoms with Crippen molar-refractivity contribution in [2.75, 3.05) is 32.1 Å². The van der Waals surface area contributed by atoms with E-state index >= 15 is 0 Å². The van der Waals surface area contributed by atoms with E-state index in [1.165, 1.54) is 22.5 Å². The second kappa shape index (κ2) is 13.1. The summed E-state index contributed by atoms with van der Waals surface area (Å²) < 4.78 is 41.2. The first kappa shape index (κ1) is 30.0. The smallest absolute Gasteiger partial charge is 0.316 e. The third kappa shape index (κ3) is 7.42. The van der Waals surface area contributed by atoms with Crippen LogP contribution < -0.4 is 0 Å². The zero-order valence-electron chi connectivity index (χ0n) is 23.7. The van der Waals surface area contributed by atoms with Gasteiger partial charge in [-0.2, -0.15) is 4.31 Å². The predicted molar refractivity (Wildman–Crippen MR) is 152 cm³/mol. The van der Waals surface area contributed by atoms with E-state index in [1.54, 1.807) is 18.2 Å². The summed E-state index contributed by atoms with van der Waals surface area (Å²) in [7, 11) is -3.64. The van der Waals surface area contributed by atoms with E-state index in [2.05, 4.69) is 44.8 Å². The Balaban J connectivity index is 1.51. The van der Waals surface area contributed by atoms with Crippen molar-refractivity contribution >= 4 is 27.8 Å². The lowest BCUT2D eigenvalue weighted by atomic mass is 9.75. The monoisotopic (exact) mass is 578 g/mol. The summed E-state index contributed by atoms with van der Waals surface area (Å²) in [5, 5.41) is 9.44. The summed E-state index contributed by atoms with van der Waals surface area (Å²) in [6.07, 6.45) is 3.15. The summed E-state index contributed by atoms with van der Waals surface area (Å²) in [4.78, 5) is 13.1. The number of benzene rings is 1. The van der Waals surface area contributed by atoms with Crippen LogP contribution in [0, 0.1) is 23.7 Å². The molecule has 0 bridgehead atoms. The van der Waals surface area contributed by atoms with Gasteiger partial charge in [-0.1, -0.05) is 64.9 Å². The summed E-state index contributed by atoms with van der Waals surface area (Å²) in [6, 6.07) is 6.85. The first-order chi connectivity index (χ1) is 18.6. The van der Waals surface area contributed by atoms with E-state index in [0.717, 1.165) is 12.8 Å². The van der Waals surface area contributed by atoms with Crippen LogP contribution in [0.15, 0.2) is 34.3 Å². The fourth-order valence-electron chi connectivity index (χ4n) is 5.45. The van der Waals surface area contributed by atoms with Gasteiger partial charge in [0, 0.05) is 25.2 Å². The molecule has 2 fully saturated rings. The third-order valence-corrected chi connectivity index (χ3v) is 10.4. The molecule has 9 nitrogen and oxygen atoms in total. The van der Waals surface area contributed by atoms with E-state index in [-0.39, 0.29) is 22.7 Å². The average molecular weight is 579 g/mol. The number of ether oxygens (including phenoxy) is 2. The van der Waals surface area contributed by atoms with Gasteiger partial charge < -0.3 is 14.0 Å². The molecular formula is C28H42N4O5S2. The van der Waals surface area contributed by atoms with Crippen LogP contribution in [0.25, 0.3) is 11.4 Å². The topological polar surface area (TPSA) is 104 Å². The Morgan fingerprint density at radius 2 is 1.90 bits per heavy atom. The van der Waals surface area contributed by atoms with Gasteiger partial charge in [0.15, 0.2) is 11.0 Å². The van der Waals surface area contributed by atoms with Gasteiger partial charge in [-0.25, -0.2) is 8.42 Å². The molecule has 2 heterocycles. The highest BCUT2D eigenvalue weighted by Gasteiger charge is 2.33. The minimum atomic E-state index is -3.64. The maximum Gasteiger partial charge on any atom is 0.316 e. The molecule has 0 spiro atoms. The molecule has 1 aliphatic carbocycles. The quantitative estimate of drug-likeness (QED) is 0.295. The SMILES string of the molecule is CC(C)Cn1c(SCC(=O)O[C@@H]2C[C@@H](C)CC[C@@H]2C(C)C)nnc1-c1cccc(S(=O)(=O)N2CCOCC2)c1. The van der Waals surface area contributed by atoms with Crippen molar-refractivity contribution in [3.05, 3.63) is 24.3 Å². The van der Waals surface area contributed by atoms with Gasteiger partial charge in [0.05, 0.1) is 23.9 Å². The van der Waals surface area contributed by atoms with Crippen molar-refractivity contribution in [2.24, 2.45) is 23.7 Å². The average Bonchev–Trinajstić information content (AvgIpc) is 3.29. The van der Waals surface area contributed by atoms with Gasteiger partial charge in [-0.15, -0.1) is 10.2 Å². The van der Waals surface area contributed by atoms with Crippen LogP contribution in [-0.4, -0.2) is 71.6 Å². The molecule has 4 rings (SSSR count). The Hall–Kier alpha value is -1.95. The zero-order chi connectivity index (χ0) is 28.2. The second-order valence-corrected chi connectivity index (χ2v) is 14.4. The fraction of sp³-hybridized carbons (Fsp3) is 0.679. The number of thioether (sulfide) groups is 1. The molecule has 39 heavy (non-hydrogen) atoms. The zero-order valence-corrected chi connectivity index (χ0v) is 25.3. The van der Waals surface area contributed by atoms with Crippen molar-refractivity contribution in [3.8, 4) is 11.4 Å². The number of morpholine rings is 1. The van der Waals surface area contributed by atoms with Crippen molar-refractivity contribution in [1.82, 2.24) is 19.1 Å². The van der Waals surface area contributed by atoms with Crippen molar-refractivity contribution < 1.29 is 22.7 Å². The largest absolute Gasteiger partial charge is 0.461 e. The number of carbonyl (C=O) groups excluding carboxylic acids is 1. The number of carbonyl (C=O) groups is 1. The fourth-order valence-corrected chi connectivity index (χ4v) is 7.63. The number of nitrogens with zero attached hydrogens (tertiary/aromatic N) is 4. The van der Waals surface area contributed by atoms with Crippen molar-refractivity contribution in [3.63, 3.8) is 0 Å². The Bertz CT molecular complexity index is 1220. The highest BCUT2D eigenvalue weighted by molar-refractivity contribution is 7.99. The first-order valence-corrected chi connectivity index (χ1v) is 16.4. The molecule has 1 saturated carbocycles. The van der Waals surface area contributed by atoms with E-state index in [9.17, 15) is 13.2 Å². The predicted octanol–water partition coefficient (Wildman–Crippen LogP) is 4.72. The number of sulfonamides is 1. The molecule has 1 aliphatic heterocycles. The lowest BCUT2D eigenvalue weighted by Crippen LogP contribution is -2.40. The van der Waals surface area contributed by atoms with Gasteiger partial charge >= 0.3 is 5.97 Å². The van der Waals surface area contributed by atoms with Crippen molar-refractivity contribution in [2.45, 2.75) is 76.6 Å². The molecule has 0 amide bonds. The van der Waals surface area contributed by atoms with Gasteiger partial charge in [-0.3, -0.25) is 4.79 Å². The Morgan fingerprint density at radius 3 is 2.59 bits per heavy atom. The number of rotatable bonds is 10. The lowest BCUT2D eigenvalue weighted by molar-refractivity contribution is -0.152. The third-order valence-electron chi connectivity index (χ3n) is 7.53. The van der Waals surface area contributed by atoms with Crippen LogP contribution in [0.5, 0.6) is 0 Å². The Labute approximate surface area is 237 Å². The Kier molecular flexibility index (Phi) is 10.1. The molecule has 3 atom stereocenters. The normalized spacial score (nSPS) is 22.9. The Morgan fingerprint density at radius 1 is 1.15 bits per heavy atom. The van der Waals surface area contributed by atoms with E-state index < -0.39 is 10.0 Å². The van der Waals surface area contributed by atoms with Gasteiger partial charge in [0.2, 0.25) is 10.0 Å². The number of esters is 1. The molecule has 2 aromatic rings. The van der Waals surface area contributed by atoms with E-state index in [0.29, 0.717) is 73.1 Å². The summed E-state index contributed by atoms with van der Waals surface area (Å²) in [5.41, 5.74) is 0.669. The molecule has 1 aromatic carbocycles. The summed E-state index contributed by atoms with van der Waals surface area (Å²) >= 11 is 1.32. The summed E-state index contributed by atoms with van der Waals surface area (Å²) in [6.45, 7) is 12.9. The number of hydrogen-bond acceptors (Lipinski definition) is 8. The minimum Gasteiger partial charge on any atom is -0.461 e. The van der Waals surface area contributed by atoms with Crippen LogP contribution in [0.4, 0.5) is 0 Å². The summed E-state index contributed by atoms with van der Waals surface area (Å²) in [5.74, 6) is 2.22. The molecule has 11 heteroatoms. The van der Waals surface area contributed by atoms with Gasteiger partial charge in [-0.05, 0) is 48.6 Å². The van der Waals surface area contributed by atoms with E-state index in [1.807, 2.05) is 10.6 Å². The first-order valence-electron chi connectivity index (χ1n) is 14.0. The molecule has 0 unspecified atom stereocenters. The van der Waals surface area contributed by atoms with Crippen LogP contribution in [0.3, 0.4) is 0 Å². The molecule has 0 N–H and O–H groups in total. The molecule has 216 valence electrons. The van der Waals surface area contributed by atoms with Crippen LogP contribution >= 0.6 is 11.8 Å².